The Morgan fingerprint density at radius 2 is 2.00 bits per heavy atom. The average molecular weight is 293 g/mol. The van der Waals surface area contributed by atoms with Crippen LogP contribution in [-0.4, -0.2) is 41.4 Å². The first kappa shape index (κ1) is 15.3. The molecule has 0 atom stereocenters. The quantitative estimate of drug-likeness (QED) is 0.825. The van der Waals surface area contributed by atoms with Gasteiger partial charge in [0.05, 0.1) is 18.8 Å². The zero-order valence-electron chi connectivity index (χ0n) is 12.3. The van der Waals surface area contributed by atoms with Gasteiger partial charge in [-0.15, -0.1) is 0 Å². The van der Waals surface area contributed by atoms with Crippen molar-refractivity contribution in [3.8, 4) is 0 Å². The predicted octanol–water partition coefficient (Wildman–Crippen LogP) is 1.91. The zero-order chi connectivity index (χ0) is 15.7. The van der Waals surface area contributed by atoms with Crippen LogP contribution in [0.25, 0.3) is 0 Å². The van der Waals surface area contributed by atoms with Crippen molar-refractivity contribution < 1.29 is 24.2 Å². The number of carbonyl (C=O) groups is 2. The molecule has 1 fully saturated rings. The van der Waals surface area contributed by atoms with Crippen LogP contribution in [-0.2, 0) is 14.3 Å². The van der Waals surface area contributed by atoms with Crippen LogP contribution in [0.5, 0.6) is 0 Å². The summed E-state index contributed by atoms with van der Waals surface area (Å²) in [6.45, 7) is 5.56. The number of rotatable bonds is 4. The minimum absolute atomic E-state index is 0.0962. The standard InChI is InChI=1S/C15H19NO5/c1-14(2,3)21-12(17)10-5-4-6-11(7-10)16-15(13(18)19)8-20-9-15/h4-7,16H,8-9H2,1-3H3,(H,18,19). The minimum Gasteiger partial charge on any atom is -0.479 e. The van der Waals surface area contributed by atoms with Crippen molar-refractivity contribution >= 4 is 17.6 Å². The molecule has 0 radical (unpaired) electrons. The lowest BCUT2D eigenvalue weighted by Gasteiger charge is -2.38. The van der Waals surface area contributed by atoms with E-state index in [0.717, 1.165) is 0 Å². The second-order valence-corrected chi connectivity index (χ2v) is 6.09. The number of carbonyl (C=O) groups excluding carboxylic acids is 1. The van der Waals surface area contributed by atoms with Gasteiger partial charge in [-0.25, -0.2) is 9.59 Å². The number of ether oxygens (including phenoxy) is 2. The lowest BCUT2D eigenvalue weighted by atomic mass is 9.97. The molecule has 1 heterocycles. The molecule has 0 bridgehead atoms. The molecule has 0 aliphatic carbocycles. The number of carboxylic acid groups (broad SMARTS) is 1. The van der Waals surface area contributed by atoms with E-state index in [4.69, 9.17) is 9.47 Å². The van der Waals surface area contributed by atoms with E-state index in [9.17, 15) is 14.7 Å². The van der Waals surface area contributed by atoms with Crippen LogP contribution in [0.1, 0.15) is 31.1 Å². The fourth-order valence-electron chi connectivity index (χ4n) is 1.89. The number of hydrogen-bond donors (Lipinski definition) is 2. The molecule has 1 saturated heterocycles. The highest BCUT2D eigenvalue weighted by Gasteiger charge is 2.46. The average Bonchev–Trinajstić information content (AvgIpc) is 2.31. The van der Waals surface area contributed by atoms with Gasteiger partial charge in [0, 0.05) is 5.69 Å². The van der Waals surface area contributed by atoms with Crippen molar-refractivity contribution in [1.82, 2.24) is 0 Å². The molecular formula is C15H19NO5. The van der Waals surface area contributed by atoms with Crippen molar-refractivity contribution in [2.75, 3.05) is 18.5 Å². The van der Waals surface area contributed by atoms with E-state index in [1.807, 2.05) is 0 Å². The first-order valence-corrected chi connectivity index (χ1v) is 6.65. The van der Waals surface area contributed by atoms with Gasteiger partial charge in [0.2, 0.25) is 0 Å². The third-order valence-electron chi connectivity index (χ3n) is 2.99. The molecule has 1 aliphatic heterocycles. The molecule has 21 heavy (non-hydrogen) atoms. The van der Waals surface area contributed by atoms with Gasteiger partial charge in [-0.1, -0.05) is 6.07 Å². The summed E-state index contributed by atoms with van der Waals surface area (Å²) in [7, 11) is 0. The van der Waals surface area contributed by atoms with Gasteiger partial charge in [-0.2, -0.15) is 0 Å². The first-order valence-electron chi connectivity index (χ1n) is 6.65. The third kappa shape index (κ3) is 3.52. The van der Waals surface area contributed by atoms with Crippen molar-refractivity contribution in [3.63, 3.8) is 0 Å². The number of anilines is 1. The summed E-state index contributed by atoms with van der Waals surface area (Å²) < 4.78 is 10.3. The highest BCUT2D eigenvalue weighted by Crippen LogP contribution is 2.25. The molecule has 0 aromatic heterocycles. The Morgan fingerprint density at radius 1 is 1.33 bits per heavy atom. The van der Waals surface area contributed by atoms with E-state index in [0.29, 0.717) is 11.3 Å². The van der Waals surface area contributed by atoms with Gasteiger partial charge >= 0.3 is 11.9 Å². The van der Waals surface area contributed by atoms with Crippen molar-refractivity contribution in [1.29, 1.82) is 0 Å². The molecule has 1 aliphatic rings. The molecule has 2 N–H and O–H groups in total. The smallest absolute Gasteiger partial charge is 0.338 e. The Bertz CT molecular complexity index is 557. The van der Waals surface area contributed by atoms with Gasteiger partial charge in [-0.05, 0) is 39.0 Å². The van der Waals surface area contributed by atoms with Crippen LogP contribution in [0, 0.1) is 0 Å². The number of esters is 1. The topological polar surface area (TPSA) is 84.9 Å². The third-order valence-corrected chi connectivity index (χ3v) is 2.99. The molecule has 1 aromatic carbocycles. The van der Waals surface area contributed by atoms with E-state index >= 15 is 0 Å². The summed E-state index contributed by atoms with van der Waals surface area (Å²) in [6.07, 6.45) is 0. The Hall–Kier alpha value is -2.08. The molecule has 6 nitrogen and oxygen atoms in total. The number of hydrogen-bond acceptors (Lipinski definition) is 5. The fourth-order valence-corrected chi connectivity index (χ4v) is 1.89. The Balaban J connectivity index is 2.15. The number of benzene rings is 1. The normalized spacial score (nSPS) is 16.7. The van der Waals surface area contributed by atoms with Crippen LogP contribution in [0.3, 0.4) is 0 Å². The molecule has 0 saturated carbocycles. The van der Waals surface area contributed by atoms with Gasteiger partial charge in [0.1, 0.15) is 5.60 Å². The van der Waals surface area contributed by atoms with Crippen LogP contribution in [0.15, 0.2) is 24.3 Å². The second-order valence-electron chi connectivity index (χ2n) is 6.09. The molecule has 114 valence electrons. The van der Waals surface area contributed by atoms with Crippen LogP contribution in [0.2, 0.25) is 0 Å². The van der Waals surface area contributed by atoms with Crippen molar-refractivity contribution in [2.24, 2.45) is 0 Å². The van der Waals surface area contributed by atoms with Crippen LogP contribution >= 0.6 is 0 Å². The zero-order valence-corrected chi connectivity index (χ0v) is 12.3. The van der Waals surface area contributed by atoms with Gasteiger partial charge in [-0.3, -0.25) is 0 Å². The number of carboxylic acids is 1. The summed E-state index contributed by atoms with van der Waals surface area (Å²) in [5.74, 6) is -1.42. The SMILES string of the molecule is CC(C)(C)OC(=O)c1cccc(NC2(C(=O)O)COC2)c1. The van der Waals surface area contributed by atoms with E-state index in [1.54, 1.807) is 45.0 Å². The maximum absolute atomic E-state index is 12.0. The Labute approximate surface area is 123 Å². The summed E-state index contributed by atoms with van der Waals surface area (Å²) in [4.78, 5) is 23.3. The number of nitrogens with one attached hydrogen (secondary N) is 1. The molecule has 2 rings (SSSR count). The van der Waals surface area contributed by atoms with Gasteiger partial charge < -0.3 is 19.9 Å². The monoisotopic (exact) mass is 293 g/mol. The van der Waals surface area contributed by atoms with Crippen molar-refractivity contribution in [2.45, 2.75) is 31.9 Å². The summed E-state index contributed by atoms with van der Waals surface area (Å²) in [5, 5.41) is 12.2. The Kier molecular flexibility index (Phi) is 3.91. The minimum atomic E-state index is -1.12. The molecule has 0 spiro atoms. The lowest BCUT2D eigenvalue weighted by Crippen LogP contribution is -2.61. The molecule has 0 amide bonds. The summed E-state index contributed by atoms with van der Waals surface area (Å²) in [5.41, 5.74) is -0.781. The largest absolute Gasteiger partial charge is 0.479 e. The first-order chi connectivity index (χ1) is 9.72. The molecule has 6 heteroatoms. The summed E-state index contributed by atoms with van der Waals surface area (Å²) in [6, 6.07) is 6.59. The highest BCUT2D eigenvalue weighted by molar-refractivity contribution is 5.91. The second kappa shape index (κ2) is 5.37. The van der Waals surface area contributed by atoms with E-state index in [2.05, 4.69) is 5.32 Å². The Morgan fingerprint density at radius 3 is 2.48 bits per heavy atom. The predicted molar refractivity (Wildman–Crippen MR) is 76.4 cm³/mol. The van der Waals surface area contributed by atoms with Crippen LogP contribution < -0.4 is 5.32 Å². The molecule has 0 unspecified atom stereocenters. The van der Waals surface area contributed by atoms with E-state index in [1.165, 1.54) is 0 Å². The maximum atomic E-state index is 12.0. The fraction of sp³-hybridized carbons (Fsp3) is 0.467. The van der Waals surface area contributed by atoms with Crippen LogP contribution in [0.4, 0.5) is 5.69 Å². The van der Waals surface area contributed by atoms with Gasteiger partial charge in [0.15, 0.2) is 5.54 Å². The maximum Gasteiger partial charge on any atom is 0.338 e. The lowest BCUT2D eigenvalue weighted by molar-refractivity contribution is -0.158. The van der Waals surface area contributed by atoms with Crippen molar-refractivity contribution in [3.05, 3.63) is 29.8 Å². The number of aliphatic carboxylic acids is 1. The van der Waals surface area contributed by atoms with Gasteiger partial charge in [0.25, 0.3) is 0 Å². The molecular weight excluding hydrogens is 274 g/mol. The van der Waals surface area contributed by atoms with E-state index in [-0.39, 0.29) is 13.2 Å². The summed E-state index contributed by atoms with van der Waals surface area (Å²) >= 11 is 0. The molecule has 1 aromatic rings. The van der Waals surface area contributed by atoms with E-state index < -0.39 is 23.1 Å². The highest BCUT2D eigenvalue weighted by atomic mass is 16.6.